The molecule has 0 aliphatic carbocycles. The first-order chi connectivity index (χ1) is 11.8. The maximum atomic E-state index is 13.1. The molecule has 1 saturated heterocycles. The molecule has 2 N–H and O–H groups in total. The second-order valence-electron chi connectivity index (χ2n) is 6.71. The van der Waals surface area contributed by atoms with E-state index in [9.17, 15) is 18.4 Å². The van der Waals surface area contributed by atoms with E-state index in [1.54, 1.807) is 0 Å². The Kier molecular flexibility index (Phi) is 6.87. The molecule has 0 radical (unpaired) electrons. The summed E-state index contributed by atoms with van der Waals surface area (Å²) < 4.78 is 26.2. The zero-order chi connectivity index (χ0) is 18.4. The number of likely N-dealkylation sites (tertiary alicyclic amines) is 1. The molecule has 1 heterocycles. The lowest BCUT2D eigenvalue weighted by atomic mass is 9.98. The molecular weight excluding hydrogens is 328 g/mol. The Morgan fingerprint density at radius 1 is 1.16 bits per heavy atom. The lowest BCUT2D eigenvalue weighted by Gasteiger charge is -2.35. The van der Waals surface area contributed by atoms with E-state index in [4.69, 9.17) is 0 Å². The van der Waals surface area contributed by atoms with Gasteiger partial charge in [0.25, 0.3) is 5.91 Å². The minimum absolute atomic E-state index is 0.152. The number of carbonyl (C=O) groups excluding carboxylic acids is 2. The fraction of sp³-hybridized carbons (Fsp3) is 0.556. The molecule has 1 unspecified atom stereocenters. The van der Waals surface area contributed by atoms with Gasteiger partial charge in [0.15, 0.2) is 0 Å². The van der Waals surface area contributed by atoms with Crippen molar-refractivity contribution in [3.8, 4) is 0 Å². The Labute approximate surface area is 146 Å². The third-order valence-corrected chi connectivity index (χ3v) is 4.57. The van der Waals surface area contributed by atoms with Crippen LogP contribution in [-0.2, 0) is 4.79 Å². The topological polar surface area (TPSA) is 61.4 Å². The molecular formula is C18H25F2N3O2. The summed E-state index contributed by atoms with van der Waals surface area (Å²) in [5.74, 6) is -1.94. The van der Waals surface area contributed by atoms with Crippen molar-refractivity contribution < 1.29 is 18.4 Å². The van der Waals surface area contributed by atoms with Gasteiger partial charge in [-0.3, -0.25) is 14.5 Å². The van der Waals surface area contributed by atoms with Gasteiger partial charge in [-0.2, -0.15) is 0 Å². The predicted octanol–water partition coefficient (Wildman–Crippen LogP) is 1.93. The minimum Gasteiger partial charge on any atom is -0.353 e. The molecule has 1 aliphatic heterocycles. The van der Waals surface area contributed by atoms with Gasteiger partial charge < -0.3 is 10.6 Å². The van der Waals surface area contributed by atoms with Gasteiger partial charge in [0.1, 0.15) is 11.6 Å². The molecule has 2 rings (SSSR count). The number of rotatable bonds is 6. The van der Waals surface area contributed by atoms with Gasteiger partial charge >= 0.3 is 0 Å². The van der Waals surface area contributed by atoms with Crippen LogP contribution < -0.4 is 10.6 Å². The van der Waals surface area contributed by atoms with Crippen LogP contribution in [0.1, 0.15) is 37.0 Å². The normalized spacial score (nSPS) is 17.1. The van der Waals surface area contributed by atoms with Crippen LogP contribution in [0.4, 0.5) is 8.78 Å². The molecule has 1 fully saturated rings. The fourth-order valence-corrected chi connectivity index (χ4v) is 2.87. The molecule has 1 aromatic rings. The molecule has 0 saturated carbocycles. The molecule has 25 heavy (non-hydrogen) atoms. The third kappa shape index (κ3) is 6.08. The molecule has 0 bridgehead atoms. The summed E-state index contributed by atoms with van der Waals surface area (Å²) in [6.07, 6.45) is 2.33. The number of hydrogen-bond donors (Lipinski definition) is 2. The highest BCUT2D eigenvalue weighted by molar-refractivity contribution is 5.96. The van der Waals surface area contributed by atoms with E-state index in [-0.39, 0.29) is 24.1 Å². The number of carbonyl (C=O) groups is 2. The van der Waals surface area contributed by atoms with Gasteiger partial charge in [-0.25, -0.2) is 8.78 Å². The van der Waals surface area contributed by atoms with Crippen molar-refractivity contribution in [1.29, 1.82) is 0 Å². The maximum absolute atomic E-state index is 13.1. The highest BCUT2D eigenvalue weighted by Gasteiger charge is 2.20. The van der Waals surface area contributed by atoms with Crippen molar-refractivity contribution in [3.05, 3.63) is 35.4 Å². The Bertz CT molecular complexity index is 596. The van der Waals surface area contributed by atoms with Crippen LogP contribution >= 0.6 is 0 Å². The second kappa shape index (κ2) is 8.89. The monoisotopic (exact) mass is 353 g/mol. The Morgan fingerprint density at radius 3 is 2.36 bits per heavy atom. The lowest BCUT2D eigenvalue weighted by Crippen LogP contribution is -2.47. The number of piperidine rings is 1. The minimum atomic E-state index is -0.834. The Balaban J connectivity index is 1.72. The zero-order valence-electron chi connectivity index (χ0n) is 14.6. The van der Waals surface area contributed by atoms with E-state index < -0.39 is 17.5 Å². The number of hydrogen-bond acceptors (Lipinski definition) is 3. The van der Waals surface area contributed by atoms with Crippen molar-refractivity contribution in [2.75, 3.05) is 26.2 Å². The van der Waals surface area contributed by atoms with Gasteiger partial charge in [-0.1, -0.05) is 6.92 Å². The van der Waals surface area contributed by atoms with Gasteiger partial charge in [-0.15, -0.1) is 0 Å². The summed E-state index contributed by atoms with van der Waals surface area (Å²) >= 11 is 0. The molecule has 0 spiro atoms. The third-order valence-electron chi connectivity index (χ3n) is 4.57. The summed E-state index contributed by atoms with van der Waals surface area (Å²) in [5, 5.41) is 5.14. The van der Waals surface area contributed by atoms with Crippen LogP contribution in [0, 0.1) is 17.6 Å². The predicted molar refractivity (Wildman–Crippen MR) is 91.1 cm³/mol. The van der Waals surface area contributed by atoms with Crippen molar-refractivity contribution in [3.63, 3.8) is 0 Å². The summed E-state index contributed by atoms with van der Waals surface area (Å²) in [4.78, 5) is 26.0. The molecule has 138 valence electrons. The van der Waals surface area contributed by atoms with Gasteiger partial charge in [0.2, 0.25) is 5.91 Å². The van der Waals surface area contributed by atoms with Crippen LogP contribution in [0.5, 0.6) is 0 Å². The van der Waals surface area contributed by atoms with Crippen LogP contribution in [0.2, 0.25) is 0 Å². The Morgan fingerprint density at radius 2 is 1.76 bits per heavy atom. The smallest absolute Gasteiger partial charge is 0.251 e. The second-order valence-corrected chi connectivity index (χ2v) is 6.71. The number of halogens is 2. The van der Waals surface area contributed by atoms with E-state index in [2.05, 4.69) is 29.4 Å². The average molecular weight is 353 g/mol. The van der Waals surface area contributed by atoms with E-state index in [0.717, 1.165) is 31.1 Å². The first-order valence-electron chi connectivity index (χ1n) is 8.60. The first kappa shape index (κ1) is 19.3. The van der Waals surface area contributed by atoms with Crippen molar-refractivity contribution in [2.24, 2.45) is 5.92 Å². The molecule has 5 nitrogen and oxygen atoms in total. The quantitative estimate of drug-likeness (QED) is 0.822. The summed E-state index contributed by atoms with van der Waals surface area (Å²) in [6.45, 7) is 6.62. The molecule has 0 aromatic heterocycles. The van der Waals surface area contributed by atoms with Crippen LogP contribution in [-0.4, -0.2) is 48.9 Å². The molecule has 1 aliphatic rings. The molecule has 2 amide bonds. The summed E-state index contributed by atoms with van der Waals surface area (Å²) in [6, 6.07) is 2.77. The van der Waals surface area contributed by atoms with Crippen molar-refractivity contribution >= 4 is 11.8 Å². The first-order valence-corrected chi connectivity index (χ1v) is 8.60. The van der Waals surface area contributed by atoms with Gasteiger partial charge in [0.05, 0.1) is 6.54 Å². The van der Waals surface area contributed by atoms with E-state index in [1.807, 2.05) is 0 Å². The number of benzene rings is 1. The van der Waals surface area contributed by atoms with Gasteiger partial charge in [0, 0.05) is 24.2 Å². The molecule has 7 heteroatoms. The fourth-order valence-electron chi connectivity index (χ4n) is 2.87. The summed E-state index contributed by atoms with van der Waals surface area (Å²) in [7, 11) is 0. The Hall–Kier alpha value is -2.02. The SMILES string of the molecule is CC1CCN(C(C)CNC(=O)CNC(=O)c2cc(F)cc(F)c2)CC1. The van der Waals surface area contributed by atoms with E-state index in [1.165, 1.54) is 12.8 Å². The van der Waals surface area contributed by atoms with E-state index >= 15 is 0 Å². The number of nitrogens with one attached hydrogen (secondary N) is 2. The summed E-state index contributed by atoms with van der Waals surface area (Å²) in [5.41, 5.74) is -0.152. The van der Waals surface area contributed by atoms with Crippen molar-refractivity contribution in [1.82, 2.24) is 15.5 Å². The molecule has 1 aromatic carbocycles. The van der Waals surface area contributed by atoms with Crippen LogP contribution in [0.25, 0.3) is 0 Å². The number of nitrogens with zero attached hydrogens (tertiary/aromatic N) is 1. The largest absolute Gasteiger partial charge is 0.353 e. The highest BCUT2D eigenvalue weighted by Crippen LogP contribution is 2.17. The van der Waals surface area contributed by atoms with Crippen molar-refractivity contribution in [2.45, 2.75) is 32.7 Å². The highest BCUT2D eigenvalue weighted by atomic mass is 19.1. The average Bonchev–Trinajstić information content (AvgIpc) is 2.57. The van der Waals surface area contributed by atoms with Gasteiger partial charge in [-0.05, 0) is 50.9 Å². The van der Waals surface area contributed by atoms with E-state index in [0.29, 0.717) is 12.6 Å². The zero-order valence-corrected chi connectivity index (χ0v) is 14.6. The maximum Gasteiger partial charge on any atom is 0.251 e. The van der Waals surface area contributed by atoms with Crippen LogP contribution in [0.15, 0.2) is 18.2 Å². The lowest BCUT2D eigenvalue weighted by molar-refractivity contribution is -0.120. The standard InChI is InChI=1S/C18H25F2N3O2/c1-12-3-5-23(6-4-12)13(2)10-21-17(24)11-22-18(25)14-7-15(19)9-16(20)8-14/h7-9,12-13H,3-6,10-11H2,1-2H3,(H,21,24)(H,22,25). The number of amides is 2. The van der Waals surface area contributed by atoms with Crippen LogP contribution in [0.3, 0.4) is 0 Å². The molecule has 1 atom stereocenters.